The number of oxazole rings is 1. The number of hydrogen-bond donors (Lipinski definition) is 2. The summed E-state index contributed by atoms with van der Waals surface area (Å²) in [7, 11) is -3.67. The fourth-order valence-electron chi connectivity index (χ4n) is 6.72. The number of sulfonamides is 1. The number of amides is 1. The maximum absolute atomic E-state index is 13.8. The van der Waals surface area contributed by atoms with Gasteiger partial charge in [0, 0.05) is 47.3 Å². The molecule has 9 rings (SSSR count). The molecule has 2 atom stereocenters. The van der Waals surface area contributed by atoms with Crippen LogP contribution in [0, 0.1) is 0 Å². The average Bonchev–Trinajstić information content (AvgIpc) is 3.94. The number of fused-ring (bicyclic) bond motifs is 3. The third-order valence-corrected chi connectivity index (χ3v) is 11.1. The first kappa shape index (κ1) is 28.6. The van der Waals surface area contributed by atoms with Crippen molar-refractivity contribution in [3.8, 4) is 11.3 Å². The first-order valence-corrected chi connectivity index (χ1v) is 16.7. The number of halogens is 3. The van der Waals surface area contributed by atoms with E-state index in [1.165, 1.54) is 24.3 Å². The molecule has 1 amide bonds. The number of rotatable bonds is 9. The minimum Gasteiger partial charge on any atom is -0.423 e. The molecule has 2 unspecified atom stereocenters. The van der Waals surface area contributed by atoms with E-state index in [0.717, 1.165) is 38.2 Å². The summed E-state index contributed by atoms with van der Waals surface area (Å²) in [6, 6.07) is 11.1. The van der Waals surface area contributed by atoms with Crippen LogP contribution in [-0.2, 0) is 22.7 Å². The van der Waals surface area contributed by atoms with Gasteiger partial charge in [0.15, 0.2) is 5.58 Å². The summed E-state index contributed by atoms with van der Waals surface area (Å²) in [6.45, 7) is 0.352. The zero-order valence-electron chi connectivity index (χ0n) is 24.0. The number of nitrogens with zero attached hydrogens (tertiary/aromatic N) is 3. The molecule has 2 aromatic carbocycles. The molecule has 14 heteroatoms. The molecule has 5 aliphatic rings. The summed E-state index contributed by atoms with van der Waals surface area (Å²) >= 11 is 0. The van der Waals surface area contributed by atoms with Gasteiger partial charge in [0.25, 0.3) is 11.9 Å². The lowest BCUT2D eigenvalue weighted by Gasteiger charge is -2.54. The number of aromatic nitrogens is 2. The highest BCUT2D eigenvalue weighted by Gasteiger charge is 2.48. The standard InChI is InChI=1S/C31H30F3N5O5S/c32-31(33,34)24-4-2-1-3-22(24)27-23(28(44-37-27)16-5-6-16)15-35-18-12-19-14-20(13-18)39(19)30-36-25-10-7-17(11-26(25)43-30)29(40)38-45(41,42)21-8-9-21/h1-4,7,10-11,16,18-21,35H,5-6,8-9,12-15H2,(H,38,40). The van der Waals surface area contributed by atoms with Crippen molar-refractivity contribution in [2.45, 2.75) is 87.0 Å². The summed E-state index contributed by atoms with van der Waals surface area (Å²) < 4.78 is 79.7. The first-order valence-electron chi connectivity index (χ1n) is 15.2. The molecule has 2 N–H and O–H groups in total. The number of benzene rings is 2. The Morgan fingerprint density at radius 2 is 1.78 bits per heavy atom. The molecule has 4 aromatic rings. The monoisotopic (exact) mass is 641 g/mol. The molecule has 2 saturated heterocycles. The number of carbonyl (C=O) groups is 1. The predicted octanol–water partition coefficient (Wildman–Crippen LogP) is 5.50. The summed E-state index contributed by atoms with van der Waals surface area (Å²) in [4.78, 5) is 19.3. The molecule has 5 fully saturated rings. The van der Waals surface area contributed by atoms with Crippen molar-refractivity contribution < 1.29 is 35.3 Å². The van der Waals surface area contributed by atoms with Crippen molar-refractivity contribution in [1.82, 2.24) is 20.2 Å². The van der Waals surface area contributed by atoms with Gasteiger partial charge < -0.3 is 19.2 Å². The van der Waals surface area contributed by atoms with E-state index in [9.17, 15) is 26.4 Å². The zero-order chi connectivity index (χ0) is 31.1. The molecule has 10 nitrogen and oxygen atoms in total. The number of piperidine rings is 1. The summed E-state index contributed by atoms with van der Waals surface area (Å²) in [5.41, 5.74) is 1.37. The van der Waals surface area contributed by atoms with E-state index in [0.29, 0.717) is 47.8 Å². The molecule has 3 aliphatic carbocycles. The molecule has 2 aromatic heterocycles. The fraction of sp³-hybridized carbons (Fsp3) is 0.452. The molecule has 0 radical (unpaired) electrons. The Morgan fingerprint density at radius 3 is 2.49 bits per heavy atom. The predicted molar refractivity (Wildman–Crippen MR) is 157 cm³/mol. The van der Waals surface area contributed by atoms with Gasteiger partial charge in [0.1, 0.15) is 17.0 Å². The molecule has 4 heterocycles. The third-order valence-electron chi connectivity index (χ3n) is 9.32. The maximum atomic E-state index is 13.8. The van der Waals surface area contributed by atoms with Crippen LogP contribution >= 0.6 is 0 Å². The Balaban J connectivity index is 0.959. The molecule has 2 aliphatic heterocycles. The highest BCUT2D eigenvalue weighted by atomic mass is 32.2. The smallest absolute Gasteiger partial charge is 0.417 e. The fourth-order valence-corrected chi connectivity index (χ4v) is 8.02. The van der Waals surface area contributed by atoms with E-state index in [2.05, 4.69) is 25.1 Å². The second-order valence-electron chi connectivity index (χ2n) is 12.5. The van der Waals surface area contributed by atoms with Crippen LogP contribution in [-0.4, -0.2) is 47.8 Å². The van der Waals surface area contributed by atoms with Crippen LogP contribution in [0.3, 0.4) is 0 Å². The zero-order valence-corrected chi connectivity index (χ0v) is 24.8. The van der Waals surface area contributed by atoms with Gasteiger partial charge in [-0.1, -0.05) is 23.4 Å². The number of alkyl halides is 3. The third kappa shape index (κ3) is 5.27. The minimum atomic E-state index is -4.51. The topological polar surface area (TPSA) is 131 Å². The Hall–Kier alpha value is -3.91. The van der Waals surface area contributed by atoms with E-state index < -0.39 is 32.9 Å². The minimum absolute atomic E-state index is 0.0243. The van der Waals surface area contributed by atoms with Gasteiger partial charge in [-0.05, 0) is 69.2 Å². The van der Waals surface area contributed by atoms with Crippen LogP contribution in [0.5, 0.6) is 0 Å². The van der Waals surface area contributed by atoms with Crippen LogP contribution in [0.4, 0.5) is 19.2 Å². The van der Waals surface area contributed by atoms with Crippen LogP contribution in [0.15, 0.2) is 51.4 Å². The highest BCUT2D eigenvalue weighted by Crippen LogP contribution is 2.46. The highest BCUT2D eigenvalue weighted by molar-refractivity contribution is 7.91. The van der Waals surface area contributed by atoms with E-state index in [4.69, 9.17) is 8.94 Å². The summed E-state index contributed by atoms with van der Waals surface area (Å²) in [5.74, 6) is 0.158. The quantitative estimate of drug-likeness (QED) is 0.243. The molecule has 236 valence electrons. The van der Waals surface area contributed by atoms with Crippen molar-refractivity contribution in [1.29, 1.82) is 0 Å². The van der Waals surface area contributed by atoms with Crippen LogP contribution < -0.4 is 14.9 Å². The van der Waals surface area contributed by atoms with Crippen LogP contribution in [0.25, 0.3) is 22.4 Å². The molecule has 45 heavy (non-hydrogen) atoms. The molecule has 2 bridgehead atoms. The Morgan fingerprint density at radius 1 is 1.02 bits per heavy atom. The van der Waals surface area contributed by atoms with Gasteiger partial charge in [-0.2, -0.15) is 18.2 Å². The Kier molecular flexibility index (Phi) is 6.54. The summed E-state index contributed by atoms with van der Waals surface area (Å²) in [6.07, 6.45) is 1.02. The van der Waals surface area contributed by atoms with E-state index in [1.807, 2.05) is 0 Å². The second kappa shape index (κ2) is 10.3. The van der Waals surface area contributed by atoms with Crippen molar-refractivity contribution in [2.75, 3.05) is 4.90 Å². The lowest BCUT2D eigenvalue weighted by Crippen LogP contribution is -2.64. The lowest BCUT2D eigenvalue weighted by atomic mass is 9.77. The lowest BCUT2D eigenvalue weighted by molar-refractivity contribution is -0.137. The summed E-state index contributed by atoms with van der Waals surface area (Å²) in [5, 5.41) is 7.20. The van der Waals surface area contributed by atoms with E-state index >= 15 is 0 Å². The van der Waals surface area contributed by atoms with E-state index in [-0.39, 0.29) is 40.9 Å². The Labute approximate surface area is 256 Å². The van der Waals surface area contributed by atoms with Crippen LogP contribution in [0.2, 0.25) is 0 Å². The molecule has 0 spiro atoms. The second-order valence-corrected chi connectivity index (χ2v) is 14.5. The van der Waals surface area contributed by atoms with Gasteiger partial charge in [-0.3, -0.25) is 4.79 Å². The average molecular weight is 642 g/mol. The number of carbonyl (C=O) groups excluding carboxylic acids is 1. The van der Waals surface area contributed by atoms with Crippen molar-refractivity contribution in [3.05, 3.63) is 64.9 Å². The SMILES string of the molecule is O=C(NS(=O)(=O)C1CC1)c1ccc2nc(N3C4CC(NCc5c(-c6ccccc6C(F)(F)F)noc5C5CC5)CC3C4)oc2c1. The van der Waals surface area contributed by atoms with Gasteiger partial charge >= 0.3 is 6.18 Å². The number of anilines is 1. The maximum Gasteiger partial charge on any atom is 0.417 e. The van der Waals surface area contributed by atoms with Gasteiger partial charge in [-0.25, -0.2) is 13.1 Å². The molecular weight excluding hydrogens is 611 g/mol. The van der Waals surface area contributed by atoms with E-state index in [1.54, 1.807) is 12.1 Å². The van der Waals surface area contributed by atoms with Crippen molar-refractivity contribution in [3.63, 3.8) is 0 Å². The Bertz CT molecular complexity index is 1900. The van der Waals surface area contributed by atoms with Crippen LogP contribution in [0.1, 0.15) is 78.1 Å². The normalized spacial score (nSPS) is 23.3. The molecule has 3 saturated carbocycles. The molecular formula is C31H30F3N5O5S. The number of hydrogen-bond acceptors (Lipinski definition) is 9. The van der Waals surface area contributed by atoms with Gasteiger partial charge in [0.05, 0.1) is 10.8 Å². The van der Waals surface area contributed by atoms with Gasteiger partial charge in [-0.15, -0.1) is 0 Å². The first-order chi connectivity index (χ1) is 21.5. The number of nitrogens with one attached hydrogen (secondary N) is 2. The van der Waals surface area contributed by atoms with Gasteiger partial charge in [0.2, 0.25) is 10.0 Å². The largest absolute Gasteiger partial charge is 0.423 e. The van der Waals surface area contributed by atoms with Crippen molar-refractivity contribution >= 4 is 33.0 Å². The van der Waals surface area contributed by atoms with Crippen molar-refractivity contribution in [2.24, 2.45) is 0 Å².